The Kier molecular flexibility index (Phi) is 5.89. The number of aromatic hydroxyl groups is 1. The van der Waals surface area contributed by atoms with Gasteiger partial charge in [-0.05, 0) is 17.2 Å². The standard InChI is InChI=1S/C13H12O.C3H4O2/c14-13-9-5-4-8-12(13)10-11-6-2-1-3-7-11;1-2-3(4)5/h1-9,14H,10H2;2H,1H2,(H,4,5). The van der Waals surface area contributed by atoms with Gasteiger partial charge in [0, 0.05) is 12.5 Å². The van der Waals surface area contributed by atoms with Crippen molar-refractivity contribution >= 4 is 5.97 Å². The smallest absolute Gasteiger partial charge is 0.327 e. The zero-order chi connectivity index (χ0) is 14.1. The van der Waals surface area contributed by atoms with Crippen molar-refractivity contribution in [1.29, 1.82) is 0 Å². The molecule has 0 spiro atoms. The van der Waals surface area contributed by atoms with E-state index in [2.05, 4.69) is 18.7 Å². The summed E-state index contributed by atoms with van der Waals surface area (Å²) in [5, 5.41) is 17.2. The van der Waals surface area contributed by atoms with Crippen LogP contribution in [-0.4, -0.2) is 16.2 Å². The fourth-order valence-electron chi connectivity index (χ4n) is 1.48. The van der Waals surface area contributed by atoms with E-state index in [-0.39, 0.29) is 0 Å². The Morgan fingerprint density at radius 3 is 2.11 bits per heavy atom. The first-order valence-corrected chi connectivity index (χ1v) is 5.79. The summed E-state index contributed by atoms with van der Waals surface area (Å²) in [6, 6.07) is 17.6. The topological polar surface area (TPSA) is 57.5 Å². The van der Waals surface area contributed by atoms with Crippen LogP contribution in [0.3, 0.4) is 0 Å². The van der Waals surface area contributed by atoms with Gasteiger partial charge in [0.2, 0.25) is 0 Å². The van der Waals surface area contributed by atoms with Gasteiger partial charge in [-0.3, -0.25) is 0 Å². The van der Waals surface area contributed by atoms with Crippen molar-refractivity contribution in [1.82, 2.24) is 0 Å². The molecule has 2 rings (SSSR count). The number of hydrogen-bond donors (Lipinski definition) is 2. The third kappa shape index (κ3) is 5.55. The molecular formula is C16H16O3. The minimum Gasteiger partial charge on any atom is -0.508 e. The van der Waals surface area contributed by atoms with Gasteiger partial charge >= 0.3 is 5.97 Å². The zero-order valence-electron chi connectivity index (χ0n) is 10.5. The molecule has 0 saturated heterocycles. The lowest BCUT2D eigenvalue weighted by Gasteiger charge is -2.03. The molecule has 0 bridgehead atoms. The molecule has 98 valence electrons. The van der Waals surface area contributed by atoms with Gasteiger partial charge in [0.05, 0.1) is 0 Å². The predicted molar refractivity (Wildman–Crippen MR) is 75.2 cm³/mol. The molecule has 0 saturated carbocycles. The lowest BCUT2D eigenvalue weighted by atomic mass is 10.0. The summed E-state index contributed by atoms with van der Waals surface area (Å²) in [4.78, 5) is 9.25. The molecule has 2 aromatic rings. The molecule has 2 aromatic carbocycles. The molecule has 0 atom stereocenters. The van der Waals surface area contributed by atoms with Gasteiger partial charge in [-0.2, -0.15) is 0 Å². The van der Waals surface area contributed by atoms with Crippen molar-refractivity contribution in [3.8, 4) is 5.75 Å². The van der Waals surface area contributed by atoms with E-state index in [9.17, 15) is 9.90 Å². The van der Waals surface area contributed by atoms with Gasteiger partial charge in [0.1, 0.15) is 5.75 Å². The molecule has 19 heavy (non-hydrogen) atoms. The Bertz CT molecular complexity index is 533. The lowest BCUT2D eigenvalue weighted by molar-refractivity contribution is -0.131. The molecule has 0 aromatic heterocycles. The minimum atomic E-state index is -0.981. The maximum Gasteiger partial charge on any atom is 0.327 e. The predicted octanol–water partition coefficient (Wildman–Crippen LogP) is 3.24. The molecule has 0 unspecified atom stereocenters. The van der Waals surface area contributed by atoms with E-state index in [4.69, 9.17) is 5.11 Å². The number of carboxylic acid groups (broad SMARTS) is 1. The van der Waals surface area contributed by atoms with Crippen LogP contribution in [0.5, 0.6) is 5.75 Å². The maximum atomic E-state index is 9.57. The van der Waals surface area contributed by atoms with Crippen molar-refractivity contribution in [3.63, 3.8) is 0 Å². The summed E-state index contributed by atoms with van der Waals surface area (Å²) in [7, 11) is 0. The van der Waals surface area contributed by atoms with Crippen LogP contribution in [0.2, 0.25) is 0 Å². The first-order chi connectivity index (χ1) is 9.13. The van der Waals surface area contributed by atoms with E-state index >= 15 is 0 Å². The molecule has 0 heterocycles. The van der Waals surface area contributed by atoms with E-state index < -0.39 is 5.97 Å². The van der Waals surface area contributed by atoms with Gasteiger partial charge in [-0.15, -0.1) is 0 Å². The summed E-state index contributed by atoms with van der Waals surface area (Å²) in [5.41, 5.74) is 2.19. The van der Waals surface area contributed by atoms with Crippen LogP contribution in [0.25, 0.3) is 0 Å². The molecule has 0 amide bonds. The number of carboxylic acids is 1. The normalized spacial score (nSPS) is 9.05. The monoisotopic (exact) mass is 256 g/mol. The number of rotatable bonds is 3. The first kappa shape index (κ1) is 14.5. The summed E-state index contributed by atoms with van der Waals surface area (Å²) < 4.78 is 0. The fourth-order valence-corrected chi connectivity index (χ4v) is 1.48. The van der Waals surface area contributed by atoms with Crippen LogP contribution >= 0.6 is 0 Å². The highest BCUT2D eigenvalue weighted by molar-refractivity contribution is 5.78. The summed E-state index contributed by atoms with van der Waals surface area (Å²) >= 11 is 0. The Balaban J connectivity index is 0.000000312. The van der Waals surface area contributed by atoms with Crippen LogP contribution < -0.4 is 0 Å². The van der Waals surface area contributed by atoms with E-state index in [1.807, 2.05) is 36.4 Å². The Morgan fingerprint density at radius 1 is 1.05 bits per heavy atom. The van der Waals surface area contributed by atoms with Crippen molar-refractivity contribution in [2.45, 2.75) is 6.42 Å². The molecule has 0 radical (unpaired) electrons. The summed E-state index contributed by atoms with van der Waals surface area (Å²) in [6.45, 7) is 2.96. The minimum absolute atomic E-state index is 0.372. The largest absolute Gasteiger partial charge is 0.508 e. The molecule has 0 aliphatic rings. The summed E-state index contributed by atoms with van der Waals surface area (Å²) in [6.07, 6.45) is 1.62. The summed E-state index contributed by atoms with van der Waals surface area (Å²) in [5.74, 6) is -0.610. The highest BCUT2D eigenvalue weighted by atomic mass is 16.4. The van der Waals surface area contributed by atoms with Gasteiger partial charge < -0.3 is 10.2 Å². The molecule has 3 nitrogen and oxygen atoms in total. The average molecular weight is 256 g/mol. The third-order valence-corrected chi connectivity index (χ3v) is 2.40. The number of hydrogen-bond acceptors (Lipinski definition) is 2. The number of phenolic OH excluding ortho intramolecular Hbond substituents is 1. The van der Waals surface area contributed by atoms with Gasteiger partial charge in [-0.25, -0.2) is 4.79 Å². The maximum absolute atomic E-state index is 9.57. The van der Waals surface area contributed by atoms with Crippen LogP contribution in [-0.2, 0) is 11.2 Å². The second-order valence-corrected chi connectivity index (χ2v) is 3.83. The third-order valence-electron chi connectivity index (χ3n) is 2.40. The Morgan fingerprint density at radius 2 is 1.58 bits per heavy atom. The SMILES string of the molecule is C=CC(=O)O.Oc1ccccc1Cc1ccccc1. The number of phenols is 1. The Labute approximate surface area is 112 Å². The molecule has 0 aliphatic heterocycles. The highest BCUT2D eigenvalue weighted by Crippen LogP contribution is 2.19. The van der Waals surface area contributed by atoms with Crippen LogP contribution in [0, 0.1) is 0 Å². The average Bonchev–Trinajstić information content (AvgIpc) is 2.43. The van der Waals surface area contributed by atoms with E-state index in [0.717, 1.165) is 18.1 Å². The molecule has 3 heteroatoms. The highest BCUT2D eigenvalue weighted by Gasteiger charge is 1.99. The second kappa shape index (κ2) is 7.71. The lowest BCUT2D eigenvalue weighted by Crippen LogP contribution is -1.87. The van der Waals surface area contributed by atoms with Crippen molar-refractivity contribution in [2.24, 2.45) is 0 Å². The van der Waals surface area contributed by atoms with E-state index in [1.165, 1.54) is 5.56 Å². The first-order valence-electron chi connectivity index (χ1n) is 5.79. The number of carbonyl (C=O) groups is 1. The van der Waals surface area contributed by atoms with Crippen LogP contribution in [0.15, 0.2) is 67.3 Å². The molecule has 0 aliphatic carbocycles. The number of aliphatic carboxylic acids is 1. The van der Waals surface area contributed by atoms with E-state index in [1.54, 1.807) is 6.07 Å². The fraction of sp³-hybridized carbons (Fsp3) is 0.0625. The molecular weight excluding hydrogens is 240 g/mol. The van der Waals surface area contributed by atoms with Crippen molar-refractivity contribution < 1.29 is 15.0 Å². The van der Waals surface area contributed by atoms with Crippen LogP contribution in [0.4, 0.5) is 0 Å². The Hall–Kier alpha value is -2.55. The van der Waals surface area contributed by atoms with Gasteiger partial charge in [0.25, 0.3) is 0 Å². The van der Waals surface area contributed by atoms with Crippen LogP contribution in [0.1, 0.15) is 11.1 Å². The van der Waals surface area contributed by atoms with Gasteiger partial charge in [0.15, 0.2) is 0 Å². The molecule has 0 fully saturated rings. The number of para-hydroxylation sites is 1. The van der Waals surface area contributed by atoms with E-state index in [0.29, 0.717) is 5.75 Å². The zero-order valence-corrected chi connectivity index (χ0v) is 10.5. The van der Waals surface area contributed by atoms with Gasteiger partial charge in [-0.1, -0.05) is 55.1 Å². The molecule has 2 N–H and O–H groups in total. The second-order valence-electron chi connectivity index (χ2n) is 3.83. The number of benzene rings is 2. The van der Waals surface area contributed by atoms with Crippen molar-refractivity contribution in [2.75, 3.05) is 0 Å². The quantitative estimate of drug-likeness (QED) is 0.829. The van der Waals surface area contributed by atoms with Crippen molar-refractivity contribution in [3.05, 3.63) is 78.4 Å².